The minimum absolute atomic E-state index is 0.0598. The van der Waals surface area contributed by atoms with Crippen LogP contribution in [-0.2, 0) is 14.3 Å². The van der Waals surface area contributed by atoms with Crippen molar-refractivity contribution in [2.45, 2.75) is 11.2 Å². The number of carbonyl (C=O) groups is 2. The number of ether oxygens (including phenoxy) is 1. The van der Waals surface area contributed by atoms with E-state index >= 15 is 0 Å². The first-order valence-corrected chi connectivity index (χ1v) is 4.95. The Morgan fingerprint density at radius 2 is 2.09 bits per heavy atom. The number of Topliss-reactive ketones (excluding diaryl/α,β-unsaturated/α-hetero) is 1. The fourth-order valence-corrected chi connectivity index (χ4v) is 1.68. The Morgan fingerprint density at radius 3 is 2.45 bits per heavy atom. The molecule has 11 heavy (non-hydrogen) atoms. The molecule has 0 saturated heterocycles. The van der Waals surface area contributed by atoms with Gasteiger partial charge in [0, 0.05) is 0 Å². The highest BCUT2D eigenvalue weighted by atomic mass is 79.9. The van der Waals surface area contributed by atoms with E-state index in [2.05, 4.69) is 36.6 Å². The lowest BCUT2D eigenvalue weighted by Gasteiger charge is -2.03. The molecule has 0 radical (unpaired) electrons. The zero-order valence-corrected chi connectivity index (χ0v) is 9.14. The fraction of sp³-hybridized carbons (Fsp3) is 0.667. The maximum atomic E-state index is 10.9. The number of halogens is 2. The van der Waals surface area contributed by atoms with Crippen LogP contribution in [0.25, 0.3) is 0 Å². The summed E-state index contributed by atoms with van der Waals surface area (Å²) < 4.78 is 4.38. The maximum absolute atomic E-state index is 10.9. The molecule has 0 spiro atoms. The van der Waals surface area contributed by atoms with Gasteiger partial charge in [-0.2, -0.15) is 0 Å². The van der Waals surface area contributed by atoms with Crippen LogP contribution >= 0.6 is 31.9 Å². The van der Waals surface area contributed by atoms with E-state index in [0.29, 0.717) is 0 Å². The summed E-state index contributed by atoms with van der Waals surface area (Å²) in [5, 5.41) is 0.250. The minimum atomic E-state index is -0.436. The lowest BCUT2D eigenvalue weighted by Crippen LogP contribution is -2.19. The summed E-state index contributed by atoms with van der Waals surface area (Å²) in [6.07, 6.45) is 0.0843. The topological polar surface area (TPSA) is 43.4 Å². The Labute approximate surface area is 81.7 Å². The van der Waals surface area contributed by atoms with Crippen LogP contribution in [0, 0.1) is 0 Å². The highest BCUT2D eigenvalue weighted by molar-refractivity contribution is 9.10. The van der Waals surface area contributed by atoms with Crippen LogP contribution < -0.4 is 0 Å². The predicted molar refractivity (Wildman–Crippen MR) is 48.1 cm³/mol. The zero-order chi connectivity index (χ0) is 8.85. The van der Waals surface area contributed by atoms with Crippen molar-refractivity contribution in [3.63, 3.8) is 0 Å². The van der Waals surface area contributed by atoms with Gasteiger partial charge in [-0.15, -0.1) is 0 Å². The molecular weight excluding hydrogens is 280 g/mol. The minimum Gasteiger partial charge on any atom is -0.469 e. The first kappa shape index (κ1) is 11.1. The molecule has 0 saturated carbocycles. The molecule has 3 nitrogen and oxygen atoms in total. The molecule has 0 heterocycles. The second-order valence-corrected chi connectivity index (χ2v) is 3.51. The number of hydrogen-bond acceptors (Lipinski definition) is 3. The fourth-order valence-electron chi connectivity index (χ4n) is 0.427. The van der Waals surface area contributed by atoms with E-state index in [9.17, 15) is 9.59 Å². The van der Waals surface area contributed by atoms with E-state index in [1.165, 1.54) is 7.11 Å². The van der Waals surface area contributed by atoms with Crippen molar-refractivity contribution < 1.29 is 14.3 Å². The van der Waals surface area contributed by atoms with Gasteiger partial charge in [-0.3, -0.25) is 9.59 Å². The van der Waals surface area contributed by atoms with E-state index in [1.807, 2.05) is 0 Å². The van der Waals surface area contributed by atoms with Gasteiger partial charge in [-0.25, -0.2) is 0 Å². The molecule has 0 amide bonds. The van der Waals surface area contributed by atoms with Crippen LogP contribution in [0.3, 0.4) is 0 Å². The number of carbonyl (C=O) groups excluding carboxylic acids is 2. The largest absolute Gasteiger partial charge is 0.469 e. The Kier molecular flexibility index (Phi) is 5.76. The Balaban J connectivity index is 3.77. The Hall–Kier alpha value is 0.1000. The number of rotatable bonds is 4. The first-order valence-electron chi connectivity index (χ1n) is 2.91. The molecule has 0 aliphatic heterocycles. The summed E-state index contributed by atoms with van der Waals surface area (Å²) in [5.41, 5.74) is 0. The second-order valence-electron chi connectivity index (χ2n) is 1.85. The van der Waals surface area contributed by atoms with E-state index in [1.54, 1.807) is 0 Å². The predicted octanol–water partition coefficient (Wildman–Crippen LogP) is 1.28. The molecule has 0 aromatic rings. The molecular formula is C6H8Br2O3. The summed E-state index contributed by atoms with van der Waals surface area (Å²) >= 11 is 6.06. The zero-order valence-electron chi connectivity index (χ0n) is 5.97. The molecule has 0 aliphatic carbocycles. The SMILES string of the molecule is COC(=O)CC(Br)C(=O)CBr. The van der Waals surface area contributed by atoms with Crippen LogP contribution in [-0.4, -0.2) is 29.0 Å². The van der Waals surface area contributed by atoms with Crippen molar-refractivity contribution in [1.29, 1.82) is 0 Å². The monoisotopic (exact) mass is 286 g/mol. The van der Waals surface area contributed by atoms with Gasteiger partial charge in [0.05, 0.1) is 23.7 Å². The van der Waals surface area contributed by atoms with Crippen molar-refractivity contribution in [2.75, 3.05) is 12.4 Å². The molecule has 5 heteroatoms. The van der Waals surface area contributed by atoms with Gasteiger partial charge in [0.1, 0.15) is 0 Å². The molecule has 64 valence electrons. The van der Waals surface area contributed by atoms with Gasteiger partial charge in [-0.1, -0.05) is 31.9 Å². The van der Waals surface area contributed by atoms with Crippen molar-refractivity contribution >= 4 is 43.6 Å². The van der Waals surface area contributed by atoms with Crippen LogP contribution in [0.1, 0.15) is 6.42 Å². The number of alkyl halides is 2. The molecule has 0 N–H and O–H groups in total. The normalized spacial score (nSPS) is 12.3. The van der Waals surface area contributed by atoms with Crippen molar-refractivity contribution in [3.05, 3.63) is 0 Å². The van der Waals surface area contributed by atoms with Crippen molar-refractivity contribution in [3.8, 4) is 0 Å². The van der Waals surface area contributed by atoms with Gasteiger partial charge in [0.25, 0.3) is 0 Å². The van der Waals surface area contributed by atoms with Gasteiger partial charge in [0.15, 0.2) is 5.78 Å². The van der Waals surface area contributed by atoms with Crippen molar-refractivity contribution in [2.24, 2.45) is 0 Å². The molecule has 0 aliphatic rings. The molecule has 0 aromatic carbocycles. The average Bonchev–Trinajstić information content (AvgIpc) is 2.02. The van der Waals surface area contributed by atoms with Crippen LogP contribution in [0.5, 0.6) is 0 Å². The molecule has 0 fully saturated rings. The first-order chi connectivity index (χ1) is 5.11. The summed E-state index contributed by atoms with van der Waals surface area (Å²) in [6, 6.07) is 0. The Morgan fingerprint density at radius 1 is 1.55 bits per heavy atom. The third-order valence-electron chi connectivity index (χ3n) is 1.05. The second kappa shape index (κ2) is 5.71. The lowest BCUT2D eigenvalue weighted by atomic mass is 10.2. The molecule has 0 bridgehead atoms. The van der Waals surface area contributed by atoms with Gasteiger partial charge < -0.3 is 4.74 Å². The highest BCUT2D eigenvalue weighted by Crippen LogP contribution is 2.08. The number of esters is 1. The average molecular weight is 288 g/mol. The smallest absolute Gasteiger partial charge is 0.307 e. The molecule has 1 atom stereocenters. The van der Waals surface area contributed by atoms with Gasteiger partial charge >= 0.3 is 5.97 Å². The van der Waals surface area contributed by atoms with Crippen LogP contribution in [0.4, 0.5) is 0 Å². The van der Waals surface area contributed by atoms with Crippen LogP contribution in [0.2, 0.25) is 0 Å². The number of hydrogen-bond donors (Lipinski definition) is 0. The Bertz CT molecular complexity index is 158. The van der Waals surface area contributed by atoms with Crippen molar-refractivity contribution in [1.82, 2.24) is 0 Å². The van der Waals surface area contributed by atoms with Gasteiger partial charge in [0.2, 0.25) is 0 Å². The lowest BCUT2D eigenvalue weighted by molar-refractivity contribution is -0.141. The standard InChI is InChI=1S/C6H8Br2O3/c1-11-6(10)2-4(8)5(9)3-7/h4H,2-3H2,1H3. The molecule has 0 rings (SSSR count). The quantitative estimate of drug-likeness (QED) is 0.578. The number of methoxy groups -OCH3 is 1. The maximum Gasteiger partial charge on any atom is 0.307 e. The van der Waals surface area contributed by atoms with E-state index in [0.717, 1.165) is 0 Å². The summed E-state index contributed by atoms with van der Waals surface area (Å²) in [4.78, 5) is 21.0. The summed E-state index contributed by atoms with van der Waals surface area (Å²) in [7, 11) is 1.29. The van der Waals surface area contributed by atoms with E-state index in [4.69, 9.17) is 0 Å². The molecule has 1 unspecified atom stereocenters. The number of ketones is 1. The van der Waals surface area contributed by atoms with Gasteiger partial charge in [-0.05, 0) is 0 Å². The summed E-state index contributed by atoms with van der Waals surface area (Å²) in [5.74, 6) is -0.448. The van der Waals surface area contributed by atoms with E-state index in [-0.39, 0.29) is 23.5 Å². The molecule has 0 aromatic heterocycles. The highest BCUT2D eigenvalue weighted by Gasteiger charge is 2.17. The summed E-state index contributed by atoms with van der Waals surface area (Å²) in [6.45, 7) is 0. The van der Waals surface area contributed by atoms with Crippen LogP contribution in [0.15, 0.2) is 0 Å². The van der Waals surface area contributed by atoms with E-state index < -0.39 is 4.83 Å². The third-order valence-corrected chi connectivity index (χ3v) is 2.44. The third kappa shape index (κ3) is 4.53.